The summed E-state index contributed by atoms with van der Waals surface area (Å²) in [6.07, 6.45) is 7.56. The first kappa shape index (κ1) is 35.5. The smallest absolute Gasteiger partial charge is 0.251 e. The third kappa shape index (κ3) is 8.59. The normalized spacial score (nSPS) is 13.8. The highest BCUT2D eigenvalue weighted by Crippen LogP contribution is 2.30. The quantitative estimate of drug-likeness (QED) is 0.106. The summed E-state index contributed by atoms with van der Waals surface area (Å²) in [6, 6.07) is 31.6. The molecule has 2 aromatic heterocycles. The van der Waals surface area contributed by atoms with Crippen LogP contribution in [0.4, 0.5) is 0 Å². The van der Waals surface area contributed by atoms with Crippen LogP contribution in [0.5, 0.6) is 0 Å². The number of rotatable bonds is 13. The first-order valence-corrected chi connectivity index (χ1v) is 18.3. The fraction of sp³-hybridized carbons (Fsp3) is 0.250. The zero-order chi connectivity index (χ0) is 36.7. The van der Waals surface area contributed by atoms with Crippen molar-refractivity contribution in [2.45, 2.75) is 45.8 Å². The molecule has 1 atom stereocenters. The largest absolute Gasteiger partial charge is 0.361 e. The number of H-pyrrole nitrogens is 2. The molecule has 53 heavy (non-hydrogen) atoms. The Bertz CT molecular complexity index is 2270. The Balaban J connectivity index is 1.02. The first-order valence-electron chi connectivity index (χ1n) is 18.3. The highest BCUT2D eigenvalue weighted by atomic mass is 16.2. The monoisotopic (exact) mass is 706 g/mol. The van der Waals surface area contributed by atoms with Crippen molar-refractivity contribution >= 4 is 45.1 Å². The summed E-state index contributed by atoms with van der Waals surface area (Å²) >= 11 is 0. The van der Waals surface area contributed by atoms with E-state index in [1.165, 1.54) is 5.57 Å². The predicted octanol–water partition coefficient (Wildman–Crippen LogP) is 6.75. The van der Waals surface area contributed by atoms with Crippen LogP contribution in [0.15, 0.2) is 116 Å². The molecule has 9 nitrogen and oxygen atoms in total. The molecule has 0 fully saturated rings. The van der Waals surface area contributed by atoms with E-state index in [-0.39, 0.29) is 30.3 Å². The lowest BCUT2D eigenvalue weighted by molar-refractivity contribution is -0.131. The number of hydrogen-bond donors (Lipinski definition) is 4. The number of fused-ring (bicyclic) bond motifs is 2. The molecular formula is C44H46N6O3. The van der Waals surface area contributed by atoms with Gasteiger partial charge in [0.25, 0.3) is 5.91 Å². The van der Waals surface area contributed by atoms with Crippen LogP contribution in [0, 0.1) is 6.92 Å². The molecule has 0 aliphatic carbocycles. The highest BCUT2D eigenvalue weighted by molar-refractivity contribution is 6.01. The number of hydrogen-bond acceptors (Lipinski definition) is 4. The van der Waals surface area contributed by atoms with E-state index in [0.717, 1.165) is 62.6 Å². The topological polar surface area (TPSA) is 113 Å². The fourth-order valence-electron chi connectivity index (χ4n) is 7.27. The molecule has 7 rings (SSSR count). The number of amides is 3. The van der Waals surface area contributed by atoms with Gasteiger partial charge in [-0.3, -0.25) is 19.3 Å². The third-order valence-electron chi connectivity index (χ3n) is 10.3. The number of nitrogens with zero attached hydrogens (tertiary/aromatic N) is 2. The van der Waals surface area contributed by atoms with Crippen LogP contribution in [0.1, 0.15) is 51.5 Å². The van der Waals surface area contributed by atoms with Crippen LogP contribution in [-0.2, 0) is 29.1 Å². The van der Waals surface area contributed by atoms with E-state index in [4.69, 9.17) is 0 Å². The molecule has 0 saturated carbocycles. The molecular weight excluding hydrogens is 661 g/mol. The van der Waals surface area contributed by atoms with Gasteiger partial charge in [0.05, 0.1) is 12.6 Å². The second kappa shape index (κ2) is 16.2. The maximum atomic E-state index is 13.7. The van der Waals surface area contributed by atoms with E-state index >= 15 is 0 Å². The van der Waals surface area contributed by atoms with Crippen LogP contribution in [0.25, 0.3) is 27.4 Å². The Morgan fingerprint density at radius 2 is 1.60 bits per heavy atom. The summed E-state index contributed by atoms with van der Waals surface area (Å²) < 4.78 is 0. The molecule has 0 saturated heterocycles. The van der Waals surface area contributed by atoms with Crippen molar-refractivity contribution in [2.24, 2.45) is 0 Å². The van der Waals surface area contributed by atoms with E-state index in [2.05, 4.69) is 56.7 Å². The van der Waals surface area contributed by atoms with Gasteiger partial charge in [-0.15, -0.1) is 0 Å². The standard InChI is InChI=1S/C44H46N6O3/c1-30-10-6-7-13-35(30)27-50(31(2)51)28-37(22-36-25-45-41-15-9-8-14-38(36)41)48-43(52)29-49-20-18-33(19-21-49)40-26-46-42-17-16-34(23-39(40)42)44(53)47-24-32-11-4-3-5-12-32/h3-18,23,25-26,37,45-46H,19-22,24,27-29H2,1-2H3,(H,47,53)(H,48,52)/t37-/m1/s1. The minimum Gasteiger partial charge on any atom is -0.361 e. The number of aromatic nitrogens is 2. The van der Waals surface area contributed by atoms with Crippen molar-refractivity contribution in [3.63, 3.8) is 0 Å². The second-order valence-corrected chi connectivity index (χ2v) is 14.0. The fourth-order valence-corrected chi connectivity index (χ4v) is 7.27. The summed E-state index contributed by atoms with van der Waals surface area (Å²) in [5.74, 6) is -0.205. The number of carbonyl (C=O) groups is 3. The van der Waals surface area contributed by atoms with E-state index in [9.17, 15) is 14.4 Å². The third-order valence-corrected chi connectivity index (χ3v) is 10.3. The summed E-state index contributed by atoms with van der Waals surface area (Å²) in [4.78, 5) is 50.3. The van der Waals surface area contributed by atoms with Gasteiger partial charge >= 0.3 is 0 Å². The van der Waals surface area contributed by atoms with E-state index in [1.54, 1.807) is 6.92 Å². The number of carbonyl (C=O) groups excluding carboxylic acids is 3. The Labute approximate surface area is 310 Å². The van der Waals surface area contributed by atoms with Gasteiger partial charge in [-0.25, -0.2) is 0 Å². The Morgan fingerprint density at radius 3 is 2.40 bits per heavy atom. The van der Waals surface area contributed by atoms with E-state index in [0.29, 0.717) is 38.2 Å². The van der Waals surface area contributed by atoms with Crippen LogP contribution in [0.2, 0.25) is 0 Å². The van der Waals surface area contributed by atoms with Crippen LogP contribution in [-0.4, -0.2) is 69.7 Å². The lowest BCUT2D eigenvalue weighted by Gasteiger charge is -2.30. The molecule has 270 valence electrons. The van der Waals surface area contributed by atoms with Gasteiger partial charge < -0.3 is 25.5 Å². The van der Waals surface area contributed by atoms with Gasteiger partial charge in [0.15, 0.2) is 0 Å². The van der Waals surface area contributed by atoms with Crippen LogP contribution in [0.3, 0.4) is 0 Å². The minimum atomic E-state index is -0.282. The second-order valence-electron chi connectivity index (χ2n) is 14.0. The lowest BCUT2D eigenvalue weighted by Crippen LogP contribution is -2.49. The first-order chi connectivity index (χ1) is 25.8. The highest BCUT2D eigenvalue weighted by Gasteiger charge is 2.24. The molecule has 0 spiro atoms. The molecule has 3 heterocycles. The SMILES string of the molecule is CC(=O)N(Cc1ccccc1C)C[C@@H](Cc1c[nH]c2ccccc12)NC(=O)CN1CC=C(c2c[nH]c3ccc(C(=O)NCc4ccccc4)cc23)CC1. The van der Waals surface area contributed by atoms with Crippen LogP contribution < -0.4 is 10.6 Å². The molecule has 0 radical (unpaired) electrons. The Hall–Kier alpha value is -5.93. The number of aryl methyl sites for hydroxylation is 1. The number of para-hydroxylation sites is 1. The minimum absolute atomic E-state index is 0.0302. The van der Waals surface area contributed by atoms with Gasteiger partial charge in [0, 0.05) is 85.0 Å². The molecule has 1 aliphatic rings. The summed E-state index contributed by atoms with van der Waals surface area (Å²) in [7, 11) is 0. The zero-order valence-electron chi connectivity index (χ0n) is 30.3. The molecule has 4 aromatic carbocycles. The van der Waals surface area contributed by atoms with Gasteiger partial charge in [-0.1, -0.05) is 78.9 Å². The average molecular weight is 707 g/mol. The van der Waals surface area contributed by atoms with Crippen LogP contribution >= 0.6 is 0 Å². The maximum absolute atomic E-state index is 13.7. The molecule has 4 N–H and O–H groups in total. The lowest BCUT2D eigenvalue weighted by atomic mass is 9.98. The van der Waals surface area contributed by atoms with Gasteiger partial charge in [0.2, 0.25) is 11.8 Å². The summed E-state index contributed by atoms with van der Waals surface area (Å²) in [6.45, 7) is 6.61. The summed E-state index contributed by atoms with van der Waals surface area (Å²) in [5, 5.41) is 8.46. The Kier molecular flexibility index (Phi) is 10.8. The predicted molar refractivity (Wildman–Crippen MR) is 211 cm³/mol. The van der Waals surface area contributed by atoms with Gasteiger partial charge in [-0.2, -0.15) is 0 Å². The van der Waals surface area contributed by atoms with E-state index in [1.807, 2.05) is 96.2 Å². The van der Waals surface area contributed by atoms with Crippen molar-refractivity contribution in [3.05, 3.63) is 149 Å². The maximum Gasteiger partial charge on any atom is 0.251 e. The van der Waals surface area contributed by atoms with Gasteiger partial charge in [-0.05, 0) is 71.9 Å². The number of nitrogens with one attached hydrogen (secondary N) is 4. The zero-order valence-corrected chi connectivity index (χ0v) is 30.3. The van der Waals surface area contributed by atoms with Crippen molar-refractivity contribution in [3.8, 4) is 0 Å². The average Bonchev–Trinajstić information content (AvgIpc) is 3.79. The molecule has 0 unspecified atom stereocenters. The van der Waals surface area contributed by atoms with Crippen molar-refractivity contribution in [1.29, 1.82) is 0 Å². The Morgan fingerprint density at radius 1 is 0.849 bits per heavy atom. The summed E-state index contributed by atoms with van der Waals surface area (Å²) in [5.41, 5.74) is 9.30. The number of benzene rings is 4. The molecule has 0 bridgehead atoms. The van der Waals surface area contributed by atoms with E-state index < -0.39 is 0 Å². The molecule has 1 aliphatic heterocycles. The molecule has 9 heteroatoms. The van der Waals surface area contributed by atoms with Crippen molar-refractivity contribution < 1.29 is 14.4 Å². The van der Waals surface area contributed by atoms with Crippen molar-refractivity contribution in [1.82, 2.24) is 30.4 Å². The molecule has 6 aromatic rings. The molecule has 3 amide bonds. The number of aromatic amines is 2. The van der Waals surface area contributed by atoms with Crippen molar-refractivity contribution in [2.75, 3.05) is 26.2 Å². The van der Waals surface area contributed by atoms with Gasteiger partial charge in [0.1, 0.15) is 0 Å².